The normalized spacial score (nSPS) is 31.0. The van der Waals surface area contributed by atoms with Crippen LogP contribution in [0.2, 0.25) is 0 Å². The standard InChI is InChI=1S/C19H40N4/c1-3-22-18-10-5-8-16(18)14-20-12-7-13-21-15-17-9-6-11-19(17)23-4-2/h16-23H,3-15H2,1-2H3/t16?,17?,18-,19?/m0/s1. The van der Waals surface area contributed by atoms with Crippen molar-refractivity contribution >= 4 is 0 Å². The van der Waals surface area contributed by atoms with E-state index < -0.39 is 0 Å². The van der Waals surface area contributed by atoms with Crippen LogP contribution < -0.4 is 21.3 Å². The third kappa shape index (κ3) is 6.69. The first kappa shape index (κ1) is 19.2. The summed E-state index contributed by atoms with van der Waals surface area (Å²) in [6.07, 6.45) is 9.59. The summed E-state index contributed by atoms with van der Waals surface area (Å²) in [7, 11) is 0. The Bertz CT molecular complexity index is 269. The van der Waals surface area contributed by atoms with Gasteiger partial charge in [0, 0.05) is 12.1 Å². The van der Waals surface area contributed by atoms with E-state index in [1.54, 1.807) is 0 Å². The van der Waals surface area contributed by atoms with Gasteiger partial charge in [0.15, 0.2) is 0 Å². The van der Waals surface area contributed by atoms with Gasteiger partial charge in [-0.05, 0) is 83.2 Å². The van der Waals surface area contributed by atoms with Crippen LogP contribution in [-0.2, 0) is 0 Å². The summed E-state index contributed by atoms with van der Waals surface area (Å²) in [5, 5.41) is 14.6. The Balaban J connectivity index is 1.45. The molecule has 4 atom stereocenters. The molecule has 0 aliphatic heterocycles. The zero-order valence-electron chi connectivity index (χ0n) is 15.5. The topological polar surface area (TPSA) is 48.1 Å². The van der Waals surface area contributed by atoms with Gasteiger partial charge >= 0.3 is 0 Å². The average Bonchev–Trinajstić information content (AvgIpc) is 3.17. The molecule has 0 heterocycles. The molecule has 136 valence electrons. The lowest BCUT2D eigenvalue weighted by atomic mass is 10.0. The van der Waals surface area contributed by atoms with Crippen molar-refractivity contribution in [2.75, 3.05) is 39.3 Å². The van der Waals surface area contributed by atoms with Crippen molar-refractivity contribution in [1.29, 1.82) is 0 Å². The van der Waals surface area contributed by atoms with Gasteiger partial charge in [-0.1, -0.05) is 26.7 Å². The van der Waals surface area contributed by atoms with Crippen LogP contribution >= 0.6 is 0 Å². The fourth-order valence-corrected chi connectivity index (χ4v) is 4.54. The summed E-state index contributed by atoms with van der Waals surface area (Å²) >= 11 is 0. The van der Waals surface area contributed by atoms with Gasteiger partial charge in [0.25, 0.3) is 0 Å². The van der Waals surface area contributed by atoms with Gasteiger partial charge in [0.2, 0.25) is 0 Å². The molecule has 0 radical (unpaired) electrons. The second-order valence-electron chi connectivity index (χ2n) is 7.47. The van der Waals surface area contributed by atoms with Crippen molar-refractivity contribution in [2.45, 2.75) is 70.9 Å². The van der Waals surface area contributed by atoms with E-state index in [4.69, 9.17) is 0 Å². The maximum atomic E-state index is 3.68. The highest BCUT2D eigenvalue weighted by atomic mass is 15.0. The molecule has 3 unspecified atom stereocenters. The molecule has 4 N–H and O–H groups in total. The number of nitrogens with one attached hydrogen (secondary N) is 4. The molecule has 4 heteroatoms. The van der Waals surface area contributed by atoms with E-state index in [0.717, 1.165) is 50.1 Å². The maximum absolute atomic E-state index is 3.68. The molecule has 0 aromatic rings. The van der Waals surface area contributed by atoms with Gasteiger partial charge in [0.1, 0.15) is 0 Å². The Kier molecular flexibility index (Phi) is 9.50. The first-order chi connectivity index (χ1) is 11.3. The second kappa shape index (κ2) is 11.4. The van der Waals surface area contributed by atoms with E-state index in [2.05, 4.69) is 35.1 Å². The molecule has 0 saturated heterocycles. The van der Waals surface area contributed by atoms with Crippen LogP contribution in [0.15, 0.2) is 0 Å². The van der Waals surface area contributed by atoms with Crippen molar-refractivity contribution < 1.29 is 0 Å². The maximum Gasteiger partial charge on any atom is 0.0107 e. The summed E-state index contributed by atoms with van der Waals surface area (Å²) in [4.78, 5) is 0. The lowest BCUT2D eigenvalue weighted by molar-refractivity contribution is 0.376. The van der Waals surface area contributed by atoms with Crippen LogP contribution in [0.5, 0.6) is 0 Å². The molecule has 0 spiro atoms. The first-order valence-electron chi connectivity index (χ1n) is 10.2. The molecule has 4 nitrogen and oxygen atoms in total. The predicted octanol–water partition coefficient (Wildman–Crippen LogP) is 2.11. The zero-order valence-corrected chi connectivity index (χ0v) is 15.5. The summed E-state index contributed by atoms with van der Waals surface area (Å²) in [6.45, 7) is 11.4. The highest BCUT2D eigenvalue weighted by Crippen LogP contribution is 2.25. The summed E-state index contributed by atoms with van der Waals surface area (Å²) in [5.41, 5.74) is 0. The van der Waals surface area contributed by atoms with Gasteiger partial charge in [-0.3, -0.25) is 0 Å². The van der Waals surface area contributed by atoms with E-state index >= 15 is 0 Å². The van der Waals surface area contributed by atoms with Crippen LogP contribution in [-0.4, -0.2) is 51.4 Å². The molecule has 0 amide bonds. The molecule has 2 fully saturated rings. The lowest BCUT2D eigenvalue weighted by Crippen LogP contribution is -2.39. The molecule has 2 aliphatic rings. The molecule has 2 saturated carbocycles. The van der Waals surface area contributed by atoms with Gasteiger partial charge in [-0.2, -0.15) is 0 Å². The highest BCUT2D eigenvalue weighted by Gasteiger charge is 2.26. The smallest absolute Gasteiger partial charge is 0.0107 e. The largest absolute Gasteiger partial charge is 0.316 e. The van der Waals surface area contributed by atoms with E-state index in [1.165, 1.54) is 58.0 Å². The Labute approximate surface area is 143 Å². The van der Waals surface area contributed by atoms with Crippen molar-refractivity contribution in [1.82, 2.24) is 21.3 Å². The van der Waals surface area contributed by atoms with Crippen LogP contribution in [0.3, 0.4) is 0 Å². The van der Waals surface area contributed by atoms with Gasteiger partial charge in [-0.25, -0.2) is 0 Å². The SMILES string of the molecule is CCNC1CCCC1CNCCCNCC1CCC[C@@H]1NCC. The molecular weight excluding hydrogens is 284 g/mol. The van der Waals surface area contributed by atoms with Gasteiger partial charge in [0.05, 0.1) is 0 Å². The van der Waals surface area contributed by atoms with Crippen molar-refractivity contribution in [3.8, 4) is 0 Å². The predicted molar refractivity (Wildman–Crippen MR) is 100.0 cm³/mol. The summed E-state index contributed by atoms with van der Waals surface area (Å²) < 4.78 is 0. The minimum absolute atomic E-state index is 0.760. The lowest BCUT2D eigenvalue weighted by Gasteiger charge is -2.21. The van der Waals surface area contributed by atoms with E-state index in [9.17, 15) is 0 Å². The minimum atomic E-state index is 0.760. The summed E-state index contributed by atoms with van der Waals surface area (Å²) in [6, 6.07) is 1.52. The first-order valence-corrected chi connectivity index (χ1v) is 10.2. The second-order valence-corrected chi connectivity index (χ2v) is 7.47. The van der Waals surface area contributed by atoms with Crippen molar-refractivity contribution in [3.63, 3.8) is 0 Å². The number of hydrogen-bond donors (Lipinski definition) is 4. The van der Waals surface area contributed by atoms with Crippen LogP contribution in [0.25, 0.3) is 0 Å². The van der Waals surface area contributed by atoms with E-state index in [1.807, 2.05) is 0 Å². The highest BCUT2D eigenvalue weighted by molar-refractivity contribution is 4.85. The molecule has 0 aromatic carbocycles. The molecule has 2 aliphatic carbocycles. The third-order valence-electron chi connectivity index (χ3n) is 5.77. The Hall–Kier alpha value is -0.160. The Morgan fingerprint density at radius 3 is 1.61 bits per heavy atom. The molecule has 0 aromatic heterocycles. The molecule has 23 heavy (non-hydrogen) atoms. The quantitative estimate of drug-likeness (QED) is 0.415. The molecule has 2 rings (SSSR count). The van der Waals surface area contributed by atoms with E-state index in [-0.39, 0.29) is 0 Å². The summed E-state index contributed by atoms with van der Waals surface area (Å²) in [5.74, 6) is 1.70. The number of hydrogen-bond acceptors (Lipinski definition) is 4. The monoisotopic (exact) mass is 324 g/mol. The number of rotatable bonds is 12. The fourth-order valence-electron chi connectivity index (χ4n) is 4.54. The fraction of sp³-hybridized carbons (Fsp3) is 1.00. The Morgan fingerprint density at radius 2 is 1.17 bits per heavy atom. The average molecular weight is 325 g/mol. The van der Waals surface area contributed by atoms with Crippen molar-refractivity contribution in [3.05, 3.63) is 0 Å². The van der Waals surface area contributed by atoms with Crippen LogP contribution in [0.4, 0.5) is 0 Å². The minimum Gasteiger partial charge on any atom is -0.316 e. The van der Waals surface area contributed by atoms with Crippen LogP contribution in [0.1, 0.15) is 58.8 Å². The molecule has 0 bridgehead atoms. The third-order valence-corrected chi connectivity index (χ3v) is 5.77. The van der Waals surface area contributed by atoms with Crippen molar-refractivity contribution in [2.24, 2.45) is 11.8 Å². The zero-order chi connectivity index (χ0) is 16.3. The van der Waals surface area contributed by atoms with Gasteiger partial charge in [-0.15, -0.1) is 0 Å². The molecular formula is C19H40N4. The Morgan fingerprint density at radius 1 is 0.696 bits per heavy atom. The van der Waals surface area contributed by atoms with Crippen LogP contribution in [0, 0.1) is 11.8 Å². The van der Waals surface area contributed by atoms with E-state index in [0.29, 0.717) is 0 Å². The van der Waals surface area contributed by atoms with Gasteiger partial charge < -0.3 is 21.3 Å².